The third-order valence-electron chi connectivity index (χ3n) is 4.33. The average molecular weight is 340 g/mol. The van der Waals surface area contributed by atoms with Gasteiger partial charge in [0, 0.05) is 37.6 Å². The number of hydrogen-bond donors (Lipinski definition) is 1. The van der Waals surface area contributed by atoms with E-state index >= 15 is 0 Å². The molecule has 1 aromatic rings. The zero-order valence-corrected chi connectivity index (χ0v) is 14.6. The van der Waals surface area contributed by atoms with E-state index in [-0.39, 0.29) is 16.6 Å². The van der Waals surface area contributed by atoms with E-state index in [4.69, 9.17) is 4.74 Å². The molecule has 0 unspecified atom stereocenters. The fourth-order valence-corrected chi connectivity index (χ4v) is 3.52. The molecule has 1 saturated heterocycles. The molecular formula is C17H25FN2O2S. The predicted molar refractivity (Wildman–Crippen MR) is 92.2 cm³/mol. The first-order valence-electron chi connectivity index (χ1n) is 7.99. The molecule has 0 bridgehead atoms. The Morgan fingerprint density at radius 3 is 2.78 bits per heavy atom. The van der Waals surface area contributed by atoms with E-state index in [2.05, 4.69) is 11.6 Å². The van der Waals surface area contributed by atoms with Crippen molar-refractivity contribution in [2.24, 2.45) is 0 Å². The molecule has 2 rings (SSSR count). The van der Waals surface area contributed by atoms with Crippen molar-refractivity contribution in [1.29, 1.82) is 0 Å². The van der Waals surface area contributed by atoms with Gasteiger partial charge in [0.2, 0.25) is 0 Å². The summed E-state index contributed by atoms with van der Waals surface area (Å²) in [7, 11) is 0. The van der Waals surface area contributed by atoms with Gasteiger partial charge in [-0.2, -0.15) is 11.8 Å². The molecule has 0 spiro atoms. The van der Waals surface area contributed by atoms with E-state index in [9.17, 15) is 9.18 Å². The van der Waals surface area contributed by atoms with Crippen LogP contribution in [-0.4, -0.2) is 48.2 Å². The van der Waals surface area contributed by atoms with Crippen LogP contribution in [0.2, 0.25) is 0 Å². The van der Waals surface area contributed by atoms with Gasteiger partial charge in [-0.05, 0) is 43.7 Å². The standard InChI is InChI=1S/C17H25FN2O2S/c1-3-20(12-14-5-4-6-15(18)11-14)16(21)19-13-17(23-2)7-9-22-10-8-17/h4-6,11H,3,7-10,12-13H2,1-2H3,(H,19,21). The second-order valence-electron chi connectivity index (χ2n) is 5.80. The molecule has 128 valence electrons. The molecule has 0 radical (unpaired) electrons. The van der Waals surface area contributed by atoms with Crippen LogP contribution in [0.25, 0.3) is 0 Å². The van der Waals surface area contributed by atoms with Crippen LogP contribution in [0.5, 0.6) is 0 Å². The highest BCUT2D eigenvalue weighted by molar-refractivity contribution is 8.00. The van der Waals surface area contributed by atoms with Crippen molar-refractivity contribution in [3.8, 4) is 0 Å². The van der Waals surface area contributed by atoms with Crippen LogP contribution in [0.3, 0.4) is 0 Å². The van der Waals surface area contributed by atoms with Crippen LogP contribution in [-0.2, 0) is 11.3 Å². The van der Waals surface area contributed by atoms with E-state index < -0.39 is 0 Å². The van der Waals surface area contributed by atoms with E-state index in [1.807, 2.05) is 13.0 Å². The van der Waals surface area contributed by atoms with Gasteiger partial charge >= 0.3 is 6.03 Å². The first kappa shape index (κ1) is 18.1. The van der Waals surface area contributed by atoms with E-state index in [0.717, 1.165) is 31.6 Å². The van der Waals surface area contributed by atoms with Crippen molar-refractivity contribution in [2.45, 2.75) is 31.1 Å². The summed E-state index contributed by atoms with van der Waals surface area (Å²) in [6.45, 7) is 5.05. The molecule has 0 atom stereocenters. The number of amides is 2. The fraction of sp³-hybridized carbons (Fsp3) is 0.588. The number of thioether (sulfide) groups is 1. The molecule has 1 aromatic carbocycles. The first-order valence-corrected chi connectivity index (χ1v) is 9.21. The lowest BCUT2D eigenvalue weighted by Crippen LogP contribution is -2.48. The number of urea groups is 1. The quantitative estimate of drug-likeness (QED) is 0.864. The molecule has 1 heterocycles. The maximum absolute atomic E-state index is 13.3. The van der Waals surface area contributed by atoms with Gasteiger partial charge in [-0.1, -0.05) is 12.1 Å². The zero-order valence-electron chi connectivity index (χ0n) is 13.8. The lowest BCUT2D eigenvalue weighted by atomic mass is 9.99. The molecule has 0 saturated carbocycles. The van der Waals surface area contributed by atoms with Crippen molar-refractivity contribution in [1.82, 2.24) is 10.2 Å². The summed E-state index contributed by atoms with van der Waals surface area (Å²) < 4.78 is 18.8. The summed E-state index contributed by atoms with van der Waals surface area (Å²) in [5.41, 5.74) is 0.799. The Hall–Kier alpha value is -1.27. The van der Waals surface area contributed by atoms with Gasteiger partial charge in [0.25, 0.3) is 0 Å². The average Bonchev–Trinajstić information content (AvgIpc) is 2.58. The molecular weight excluding hydrogens is 315 g/mol. The molecule has 0 aromatic heterocycles. The number of hydrogen-bond acceptors (Lipinski definition) is 3. The minimum Gasteiger partial charge on any atom is -0.381 e. The summed E-state index contributed by atoms with van der Waals surface area (Å²) in [4.78, 5) is 14.1. The van der Waals surface area contributed by atoms with Crippen LogP contribution in [0.1, 0.15) is 25.3 Å². The molecule has 2 amide bonds. The Morgan fingerprint density at radius 2 is 2.17 bits per heavy atom. The van der Waals surface area contributed by atoms with Crippen LogP contribution in [0, 0.1) is 5.82 Å². The Bertz CT molecular complexity index is 521. The second-order valence-corrected chi connectivity index (χ2v) is 7.08. The largest absolute Gasteiger partial charge is 0.381 e. The summed E-state index contributed by atoms with van der Waals surface area (Å²) in [6.07, 6.45) is 3.98. The van der Waals surface area contributed by atoms with Crippen molar-refractivity contribution < 1.29 is 13.9 Å². The lowest BCUT2D eigenvalue weighted by Gasteiger charge is -2.36. The molecule has 23 heavy (non-hydrogen) atoms. The van der Waals surface area contributed by atoms with E-state index in [1.165, 1.54) is 12.1 Å². The van der Waals surface area contributed by atoms with Gasteiger partial charge in [0.1, 0.15) is 5.82 Å². The normalized spacial score (nSPS) is 16.8. The third-order valence-corrected chi connectivity index (χ3v) is 5.75. The molecule has 1 fully saturated rings. The van der Waals surface area contributed by atoms with Crippen molar-refractivity contribution in [2.75, 3.05) is 32.6 Å². The van der Waals surface area contributed by atoms with Gasteiger partial charge in [-0.3, -0.25) is 0 Å². The summed E-state index contributed by atoms with van der Waals surface area (Å²) >= 11 is 1.80. The third kappa shape index (κ3) is 5.11. The van der Waals surface area contributed by atoms with Crippen molar-refractivity contribution in [3.05, 3.63) is 35.6 Å². The topological polar surface area (TPSA) is 41.6 Å². The van der Waals surface area contributed by atoms with Crippen LogP contribution in [0.15, 0.2) is 24.3 Å². The molecule has 1 aliphatic rings. The SMILES string of the molecule is CCN(Cc1cccc(F)c1)C(=O)NCC1(SC)CCOCC1. The highest BCUT2D eigenvalue weighted by Crippen LogP contribution is 2.33. The Kier molecular flexibility index (Phi) is 6.72. The predicted octanol–water partition coefficient (Wildman–Crippen LogP) is 3.27. The molecule has 0 aliphatic carbocycles. The maximum atomic E-state index is 13.3. The van der Waals surface area contributed by atoms with Crippen LogP contribution >= 0.6 is 11.8 Å². The van der Waals surface area contributed by atoms with Crippen LogP contribution < -0.4 is 5.32 Å². The second kappa shape index (κ2) is 8.55. The fourth-order valence-electron chi connectivity index (χ4n) is 2.73. The summed E-state index contributed by atoms with van der Waals surface area (Å²) in [5.74, 6) is -0.275. The van der Waals surface area contributed by atoms with Gasteiger partial charge in [0.15, 0.2) is 0 Å². The Balaban J connectivity index is 1.91. The minimum atomic E-state index is -0.275. The zero-order chi connectivity index (χ0) is 16.7. The summed E-state index contributed by atoms with van der Waals surface area (Å²) in [5, 5.41) is 3.05. The molecule has 6 heteroatoms. The summed E-state index contributed by atoms with van der Waals surface area (Å²) in [6, 6.07) is 6.28. The van der Waals surface area contributed by atoms with Crippen LogP contribution in [0.4, 0.5) is 9.18 Å². The number of carbonyl (C=O) groups excluding carboxylic acids is 1. The highest BCUT2D eigenvalue weighted by Gasteiger charge is 2.32. The Labute approximate surface area is 141 Å². The van der Waals surface area contributed by atoms with Gasteiger partial charge < -0.3 is 15.0 Å². The number of halogens is 1. The minimum absolute atomic E-state index is 0.0617. The number of nitrogens with zero attached hydrogens (tertiary/aromatic N) is 1. The molecule has 4 nitrogen and oxygen atoms in total. The van der Waals surface area contributed by atoms with Gasteiger partial charge in [0.05, 0.1) is 0 Å². The lowest BCUT2D eigenvalue weighted by molar-refractivity contribution is 0.0772. The van der Waals surface area contributed by atoms with Crippen molar-refractivity contribution in [3.63, 3.8) is 0 Å². The number of rotatable bonds is 6. The maximum Gasteiger partial charge on any atom is 0.317 e. The van der Waals surface area contributed by atoms with E-state index in [0.29, 0.717) is 19.6 Å². The van der Waals surface area contributed by atoms with Gasteiger partial charge in [-0.15, -0.1) is 0 Å². The van der Waals surface area contributed by atoms with Crippen molar-refractivity contribution >= 4 is 17.8 Å². The molecule has 1 aliphatic heterocycles. The number of benzene rings is 1. The monoisotopic (exact) mass is 340 g/mol. The number of ether oxygens (including phenoxy) is 1. The van der Waals surface area contributed by atoms with E-state index in [1.54, 1.807) is 22.7 Å². The Morgan fingerprint density at radius 1 is 1.43 bits per heavy atom. The van der Waals surface area contributed by atoms with Gasteiger partial charge in [-0.25, -0.2) is 9.18 Å². The first-order chi connectivity index (χ1) is 11.1. The number of nitrogens with one attached hydrogen (secondary N) is 1. The smallest absolute Gasteiger partial charge is 0.317 e. The number of carbonyl (C=O) groups is 1. The highest BCUT2D eigenvalue weighted by atomic mass is 32.2. The molecule has 1 N–H and O–H groups in total.